The number of hydrogen-bond donors (Lipinski definition) is 0. The van der Waals surface area contributed by atoms with Gasteiger partial charge >= 0.3 is 5.97 Å². The molecule has 0 radical (unpaired) electrons. The maximum atomic E-state index is 12.4. The number of pyridine rings is 1. The summed E-state index contributed by atoms with van der Waals surface area (Å²) >= 11 is 0. The summed E-state index contributed by atoms with van der Waals surface area (Å²) in [6.45, 7) is 1.88. The van der Waals surface area contributed by atoms with Crippen LogP contribution in [0.1, 0.15) is 17.0 Å². The molecule has 0 N–H and O–H groups in total. The number of aromatic nitrogens is 2. The summed E-state index contributed by atoms with van der Waals surface area (Å²) in [7, 11) is 4.55. The quantitative estimate of drug-likeness (QED) is 0.489. The van der Waals surface area contributed by atoms with E-state index in [9.17, 15) is 4.79 Å². The Morgan fingerprint density at radius 3 is 2.45 bits per heavy atom. The number of aryl methyl sites for hydroxylation is 1. The lowest BCUT2D eigenvalue weighted by atomic mass is 10.1. The van der Waals surface area contributed by atoms with Gasteiger partial charge in [-0.25, -0.2) is 14.8 Å². The normalized spacial score (nSPS) is 14.8. The van der Waals surface area contributed by atoms with E-state index in [0.29, 0.717) is 22.8 Å². The van der Waals surface area contributed by atoms with Crippen LogP contribution in [0.5, 0.6) is 17.2 Å². The largest absolute Gasteiger partial charge is 0.493 e. The predicted octanol–water partition coefficient (Wildman–Crippen LogP) is 3.01. The first-order valence-corrected chi connectivity index (χ1v) is 8.82. The molecule has 0 unspecified atom stereocenters. The van der Waals surface area contributed by atoms with E-state index in [2.05, 4.69) is 9.98 Å². The second kappa shape index (κ2) is 7.31. The van der Waals surface area contributed by atoms with Crippen LogP contribution in [-0.4, -0.2) is 42.6 Å². The number of ether oxygens (including phenoxy) is 4. The molecule has 3 heterocycles. The molecule has 29 heavy (non-hydrogen) atoms. The van der Waals surface area contributed by atoms with E-state index >= 15 is 0 Å². The Morgan fingerprint density at radius 2 is 1.79 bits per heavy atom. The van der Waals surface area contributed by atoms with Gasteiger partial charge in [0.1, 0.15) is 5.65 Å². The van der Waals surface area contributed by atoms with E-state index in [1.54, 1.807) is 18.2 Å². The smallest absolute Gasteiger partial charge is 0.363 e. The molecule has 0 amide bonds. The fourth-order valence-corrected chi connectivity index (χ4v) is 3.17. The highest BCUT2D eigenvalue weighted by molar-refractivity contribution is 6.13. The number of nitrogens with zero attached hydrogens (tertiary/aromatic N) is 3. The van der Waals surface area contributed by atoms with Gasteiger partial charge in [0, 0.05) is 11.8 Å². The van der Waals surface area contributed by atoms with E-state index in [-0.39, 0.29) is 11.6 Å². The third-order valence-electron chi connectivity index (χ3n) is 4.56. The molecule has 148 valence electrons. The average molecular weight is 393 g/mol. The average Bonchev–Trinajstić information content (AvgIpc) is 3.26. The van der Waals surface area contributed by atoms with Crippen molar-refractivity contribution in [3.8, 4) is 17.2 Å². The van der Waals surface area contributed by atoms with Crippen molar-refractivity contribution in [2.75, 3.05) is 21.3 Å². The lowest BCUT2D eigenvalue weighted by molar-refractivity contribution is -0.129. The first-order valence-electron chi connectivity index (χ1n) is 8.82. The topological polar surface area (TPSA) is 83.7 Å². The summed E-state index contributed by atoms with van der Waals surface area (Å²) in [4.78, 5) is 21.3. The van der Waals surface area contributed by atoms with Crippen LogP contribution in [-0.2, 0) is 9.53 Å². The number of esters is 1. The summed E-state index contributed by atoms with van der Waals surface area (Å²) in [5.41, 5.74) is 3.06. The van der Waals surface area contributed by atoms with Gasteiger partial charge in [-0.3, -0.25) is 4.40 Å². The maximum absolute atomic E-state index is 12.4. The molecular weight excluding hydrogens is 374 g/mol. The van der Waals surface area contributed by atoms with E-state index < -0.39 is 5.97 Å². The van der Waals surface area contributed by atoms with Crippen molar-refractivity contribution < 1.29 is 23.7 Å². The van der Waals surface area contributed by atoms with Crippen LogP contribution >= 0.6 is 0 Å². The molecule has 1 aliphatic rings. The number of carbonyl (C=O) groups excluding carboxylic acids is 1. The highest BCUT2D eigenvalue weighted by Crippen LogP contribution is 2.39. The summed E-state index contributed by atoms with van der Waals surface area (Å²) in [5.74, 6) is 0.943. The maximum Gasteiger partial charge on any atom is 0.363 e. The van der Waals surface area contributed by atoms with Gasteiger partial charge in [-0.1, -0.05) is 6.07 Å². The standard InChI is InChI=1S/C21H19N3O5/c1-12-15(24-8-6-5-7-18(24)22-12)11-14-21(25)29-20(23-14)13-9-16(26-2)19(28-4)17(10-13)27-3/h5-11H,1-4H3/b14-11-. The van der Waals surface area contributed by atoms with Gasteiger partial charge < -0.3 is 18.9 Å². The minimum atomic E-state index is -0.543. The van der Waals surface area contributed by atoms with Gasteiger partial charge in [0.05, 0.1) is 32.7 Å². The third-order valence-corrected chi connectivity index (χ3v) is 4.56. The first-order chi connectivity index (χ1) is 14.0. The summed E-state index contributed by atoms with van der Waals surface area (Å²) in [6.07, 6.45) is 3.55. The van der Waals surface area contributed by atoms with Gasteiger partial charge in [0.2, 0.25) is 11.6 Å². The van der Waals surface area contributed by atoms with Crippen molar-refractivity contribution >= 4 is 23.6 Å². The van der Waals surface area contributed by atoms with E-state index in [1.165, 1.54) is 21.3 Å². The van der Waals surface area contributed by atoms with Crippen LogP contribution in [0.15, 0.2) is 47.2 Å². The van der Waals surface area contributed by atoms with E-state index in [0.717, 1.165) is 17.0 Å². The Morgan fingerprint density at radius 1 is 1.07 bits per heavy atom. The Hall–Kier alpha value is -3.81. The number of aliphatic imine (C=N–C) groups is 1. The Labute approximate surface area is 167 Å². The fraction of sp³-hybridized carbons (Fsp3) is 0.190. The molecule has 0 spiro atoms. The zero-order chi connectivity index (χ0) is 20.5. The van der Waals surface area contributed by atoms with E-state index in [1.807, 2.05) is 35.7 Å². The number of imidazole rings is 1. The molecule has 0 saturated carbocycles. The monoisotopic (exact) mass is 393 g/mol. The van der Waals surface area contributed by atoms with Crippen LogP contribution in [0, 0.1) is 6.92 Å². The molecule has 0 bridgehead atoms. The molecule has 0 saturated heterocycles. The predicted molar refractivity (Wildman–Crippen MR) is 107 cm³/mol. The first kappa shape index (κ1) is 18.5. The molecule has 1 aliphatic heterocycles. The van der Waals surface area contributed by atoms with Gasteiger partial charge in [0.15, 0.2) is 17.2 Å². The van der Waals surface area contributed by atoms with E-state index in [4.69, 9.17) is 18.9 Å². The van der Waals surface area contributed by atoms with Crippen molar-refractivity contribution in [1.82, 2.24) is 9.38 Å². The van der Waals surface area contributed by atoms with Crippen molar-refractivity contribution in [2.24, 2.45) is 4.99 Å². The van der Waals surface area contributed by atoms with Crippen LogP contribution < -0.4 is 14.2 Å². The van der Waals surface area contributed by atoms with Crippen molar-refractivity contribution in [3.63, 3.8) is 0 Å². The zero-order valence-corrected chi connectivity index (χ0v) is 16.4. The van der Waals surface area contributed by atoms with Crippen LogP contribution in [0.3, 0.4) is 0 Å². The number of rotatable bonds is 5. The highest BCUT2D eigenvalue weighted by Gasteiger charge is 2.27. The fourth-order valence-electron chi connectivity index (χ4n) is 3.17. The summed E-state index contributed by atoms with van der Waals surface area (Å²) in [6, 6.07) is 9.05. The van der Waals surface area contributed by atoms with Crippen molar-refractivity contribution in [3.05, 3.63) is 59.2 Å². The number of hydrogen-bond acceptors (Lipinski definition) is 7. The Kier molecular flexibility index (Phi) is 4.67. The van der Waals surface area contributed by atoms with Crippen molar-refractivity contribution in [1.29, 1.82) is 0 Å². The molecule has 8 nitrogen and oxygen atoms in total. The van der Waals surface area contributed by atoms with Gasteiger partial charge in [-0.05, 0) is 37.3 Å². The summed E-state index contributed by atoms with van der Waals surface area (Å²) < 4.78 is 23.3. The third kappa shape index (κ3) is 3.18. The zero-order valence-electron chi connectivity index (χ0n) is 16.4. The Balaban J connectivity index is 1.78. The molecule has 4 rings (SSSR count). The lowest BCUT2D eigenvalue weighted by Gasteiger charge is -2.13. The lowest BCUT2D eigenvalue weighted by Crippen LogP contribution is -2.07. The number of cyclic esters (lactones) is 1. The van der Waals surface area contributed by atoms with Crippen molar-refractivity contribution in [2.45, 2.75) is 6.92 Å². The van der Waals surface area contributed by atoms with Crippen LogP contribution in [0.25, 0.3) is 11.7 Å². The van der Waals surface area contributed by atoms with Gasteiger partial charge in [-0.15, -0.1) is 0 Å². The number of benzene rings is 1. The molecule has 1 aromatic carbocycles. The molecule has 0 fully saturated rings. The molecule has 8 heteroatoms. The second-order valence-electron chi connectivity index (χ2n) is 6.26. The number of carbonyl (C=O) groups is 1. The molecular formula is C21H19N3O5. The SMILES string of the molecule is COc1cc(C2=N/C(=C\c3c(C)nc4ccccn34)C(=O)O2)cc(OC)c1OC. The number of fused-ring (bicyclic) bond motifs is 1. The number of methoxy groups -OCH3 is 3. The Bertz CT molecular complexity index is 1150. The molecule has 3 aromatic rings. The van der Waals surface area contributed by atoms with Gasteiger partial charge in [-0.2, -0.15) is 0 Å². The van der Waals surface area contributed by atoms with Crippen LogP contribution in [0.4, 0.5) is 0 Å². The van der Waals surface area contributed by atoms with Gasteiger partial charge in [0.25, 0.3) is 0 Å². The second-order valence-corrected chi connectivity index (χ2v) is 6.26. The van der Waals surface area contributed by atoms with Crippen LogP contribution in [0.2, 0.25) is 0 Å². The minimum Gasteiger partial charge on any atom is -0.493 e. The highest BCUT2D eigenvalue weighted by atomic mass is 16.6. The summed E-state index contributed by atoms with van der Waals surface area (Å²) in [5, 5.41) is 0. The minimum absolute atomic E-state index is 0.159. The molecule has 2 aromatic heterocycles. The molecule has 0 atom stereocenters. The molecule has 0 aliphatic carbocycles.